The fourth-order valence-electron chi connectivity index (χ4n) is 2.00. The zero-order valence-corrected chi connectivity index (χ0v) is 12.0. The second-order valence-electron chi connectivity index (χ2n) is 4.72. The number of aromatic amines is 1. The number of primary amides is 1. The van der Waals surface area contributed by atoms with Crippen molar-refractivity contribution in [3.05, 3.63) is 48.0 Å². The molecule has 0 fully saturated rings. The lowest BCUT2D eigenvalue weighted by Crippen LogP contribution is -2.21. The van der Waals surface area contributed by atoms with Crippen LogP contribution < -0.4 is 15.8 Å². The van der Waals surface area contributed by atoms with E-state index in [1.54, 1.807) is 6.20 Å². The van der Waals surface area contributed by atoms with Crippen molar-refractivity contribution in [2.45, 2.75) is 25.9 Å². The van der Waals surface area contributed by atoms with Crippen molar-refractivity contribution >= 4 is 5.91 Å². The molecule has 0 spiro atoms. The number of nitrogens with zero attached hydrogens (tertiary/aromatic N) is 1. The normalized spacial score (nSPS) is 12.0. The highest BCUT2D eigenvalue weighted by Crippen LogP contribution is 2.15. The number of benzene rings is 1. The van der Waals surface area contributed by atoms with E-state index >= 15 is 0 Å². The topological polar surface area (TPSA) is 93.0 Å². The number of nitrogens with two attached hydrogens (primary N) is 1. The van der Waals surface area contributed by atoms with Gasteiger partial charge in [0, 0.05) is 18.9 Å². The van der Waals surface area contributed by atoms with Crippen molar-refractivity contribution in [3.63, 3.8) is 0 Å². The van der Waals surface area contributed by atoms with Crippen LogP contribution in [0.2, 0.25) is 0 Å². The van der Waals surface area contributed by atoms with Gasteiger partial charge in [0.25, 0.3) is 5.91 Å². The van der Waals surface area contributed by atoms with Crippen molar-refractivity contribution in [2.24, 2.45) is 5.73 Å². The van der Waals surface area contributed by atoms with E-state index in [2.05, 4.69) is 22.2 Å². The molecule has 2 rings (SSSR count). The minimum Gasteiger partial charge on any atom is -0.484 e. The quantitative estimate of drug-likeness (QED) is 0.686. The number of hydrogen-bond donors (Lipinski definition) is 3. The lowest BCUT2D eigenvalue weighted by Gasteiger charge is -2.14. The monoisotopic (exact) mass is 288 g/mol. The second kappa shape index (κ2) is 7.44. The fraction of sp³-hybridized carbons (Fsp3) is 0.333. The molecule has 1 aromatic heterocycles. The number of carbonyl (C=O) groups is 1. The van der Waals surface area contributed by atoms with Gasteiger partial charge in [0.1, 0.15) is 11.6 Å². The number of nitrogens with one attached hydrogen (secondary N) is 2. The molecule has 2 aromatic rings. The standard InChI is InChI=1S/C15H20N4O2/c1-2-13(15-17-7-8-18-15)19-9-11-3-5-12(6-4-11)21-10-14(16)20/h3-8,13,19H,2,9-10H2,1H3,(H2,16,20)(H,17,18). The van der Waals surface area contributed by atoms with Gasteiger partial charge in [-0.25, -0.2) is 4.98 Å². The first kappa shape index (κ1) is 15.1. The van der Waals surface area contributed by atoms with E-state index in [1.807, 2.05) is 30.5 Å². The Labute approximate surface area is 123 Å². The summed E-state index contributed by atoms with van der Waals surface area (Å²) in [6.45, 7) is 2.74. The summed E-state index contributed by atoms with van der Waals surface area (Å²) in [7, 11) is 0. The number of aromatic nitrogens is 2. The molecule has 0 aliphatic rings. The molecule has 0 saturated carbocycles. The third-order valence-electron chi connectivity index (χ3n) is 3.11. The minimum absolute atomic E-state index is 0.103. The molecule has 1 atom stereocenters. The summed E-state index contributed by atoms with van der Waals surface area (Å²) in [5.41, 5.74) is 6.16. The lowest BCUT2D eigenvalue weighted by atomic mass is 10.1. The molecule has 1 aromatic carbocycles. The van der Waals surface area contributed by atoms with Gasteiger partial charge in [0.15, 0.2) is 6.61 Å². The Morgan fingerprint density at radius 1 is 1.43 bits per heavy atom. The summed E-state index contributed by atoms with van der Waals surface area (Å²) >= 11 is 0. The van der Waals surface area contributed by atoms with Gasteiger partial charge in [-0.3, -0.25) is 4.79 Å². The molecule has 4 N–H and O–H groups in total. The van der Waals surface area contributed by atoms with Crippen LogP contribution in [0.3, 0.4) is 0 Å². The first-order valence-electron chi connectivity index (χ1n) is 6.91. The number of rotatable bonds is 8. The van der Waals surface area contributed by atoms with Crippen molar-refractivity contribution in [2.75, 3.05) is 6.61 Å². The first-order chi connectivity index (χ1) is 10.2. The average molecular weight is 288 g/mol. The largest absolute Gasteiger partial charge is 0.484 e. The van der Waals surface area contributed by atoms with Gasteiger partial charge < -0.3 is 20.8 Å². The van der Waals surface area contributed by atoms with Gasteiger partial charge in [-0.05, 0) is 24.1 Å². The van der Waals surface area contributed by atoms with Crippen molar-refractivity contribution in [1.29, 1.82) is 0 Å². The number of H-pyrrole nitrogens is 1. The van der Waals surface area contributed by atoms with Crippen LogP contribution in [0.4, 0.5) is 0 Å². The summed E-state index contributed by atoms with van der Waals surface area (Å²) < 4.78 is 5.22. The van der Waals surface area contributed by atoms with Gasteiger partial charge in [-0.2, -0.15) is 0 Å². The smallest absolute Gasteiger partial charge is 0.255 e. The summed E-state index contributed by atoms with van der Waals surface area (Å²) in [4.78, 5) is 18.0. The molecule has 0 radical (unpaired) electrons. The third kappa shape index (κ3) is 4.61. The molecule has 1 unspecified atom stereocenters. The Balaban J connectivity index is 1.86. The maximum atomic E-state index is 10.6. The molecule has 0 bridgehead atoms. The van der Waals surface area contributed by atoms with Gasteiger partial charge in [0.05, 0.1) is 6.04 Å². The summed E-state index contributed by atoms with van der Waals surface area (Å²) in [5, 5.41) is 3.45. The highest BCUT2D eigenvalue weighted by atomic mass is 16.5. The number of ether oxygens (including phenoxy) is 1. The average Bonchev–Trinajstić information content (AvgIpc) is 3.01. The molecule has 1 heterocycles. The summed E-state index contributed by atoms with van der Waals surface area (Å²) in [6.07, 6.45) is 4.53. The molecule has 6 heteroatoms. The zero-order chi connectivity index (χ0) is 15.1. The lowest BCUT2D eigenvalue weighted by molar-refractivity contribution is -0.119. The second-order valence-corrected chi connectivity index (χ2v) is 4.72. The minimum atomic E-state index is -0.482. The molecule has 112 valence electrons. The van der Waals surface area contributed by atoms with Crippen LogP contribution in [-0.4, -0.2) is 22.5 Å². The van der Waals surface area contributed by atoms with Crippen LogP contribution in [0.25, 0.3) is 0 Å². The van der Waals surface area contributed by atoms with E-state index in [0.717, 1.165) is 24.4 Å². The van der Waals surface area contributed by atoms with Gasteiger partial charge >= 0.3 is 0 Å². The molecule has 1 amide bonds. The van der Waals surface area contributed by atoms with E-state index in [1.165, 1.54) is 0 Å². The zero-order valence-electron chi connectivity index (χ0n) is 12.0. The van der Waals surface area contributed by atoms with E-state index in [0.29, 0.717) is 5.75 Å². The Hall–Kier alpha value is -2.34. The predicted molar refractivity (Wildman–Crippen MR) is 79.6 cm³/mol. The van der Waals surface area contributed by atoms with Gasteiger partial charge in [0.2, 0.25) is 0 Å². The highest BCUT2D eigenvalue weighted by molar-refractivity contribution is 5.75. The fourth-order valence-corrected chi connectivity index (χ4v) is 2.00. The number of amides is 1. The van der Waals surface area contributed by atoms with E-state index < -0.39 is 5.91 Å². The maximum Gasteiger partial charge on any atom is 0.255 e. The molecule has 0 saturated heterocycles. The van der Waals surface area contributed by atoms with Crippen molar-refractivity contribution in [1.82, 2.24) is 15.3 Å². The third-order valence-corrected chi connectivity index (χ3v) is 3.11. The van der Waals surface area contributed by atoms with Crippen LogP contribution in [0.15, 0.2) is 36.7 Å². The number of carbonyl (C=O) groups excluding carboxylic acids is 1. The molecule has 0 aliphatic carbocycles. The van der Waals surface area contributed by atoms with E-state index in [-0.39, 0.29) is 12.6 Å². The maximum absolute atomic E-state index is 10.6. The highest BCUT2D eigenvalue weighted by Gasteiger charge is 2.10. The van der Waals surface area contributed by atoms with Crippen molar-refractivity contribution in [3.8, 4) is 5.75 Å². The Morgan fingerprint density at radius 3 is 2.76 bits per heavy atom. The Bertz CT molecular complexity index is 552. The number of imidazole rings is 1. The molecule has 21 heavy (non-hydrogen) atoms. The summed E-state index contributed by atoms with van der Waals surface area (Å²) in [5.74, 6) is 1.10. The predicted octanol–water partition coefficient (Wildman–Crippen LogP) is 1.51. The molecular weight excluding hydrogens is 268 g/mol. The van der Waals surface area contributed by atoms with Crippen LogP contribution in [0.1, 0.15) is 30.8 Å². The first-order valence-corrected chi connectivity index (χ1v) is 6.91. The van der Waals surface area contributed by atoms with E-state index in [9.17, 15) is 4.79 Å². The van der Waals surface area contributed by atoms with Crippen LogP contribution in [0.5, 0.6) is 5.75 Å². The van der Waals surface area contributed by atoms with Crippen molar-refractivity contribution < 1.29 is 9.53 Å². The molecule has 0 aliphatic heterocycles. The Morgan fingerprint density at radius 2 is 2.19 bits per heavy atom. The van der Waals surface area contributed by atoms with Crippen LogP contribution in [0, 0.1) is 0 Å². The Kier molecular flexibility index (Phi) is 5.34. The van der Waals surface area contributed by atoms with E-state index in [4.69, 9.17) is 10.5 Å². The van der Waals surface area contributed by atoms with Crippen LogP contribution in [-0.2, 0) is 11.3 Å². The van der Waals surface area contributed by atoms with Crippen LogP contribution >= 0.6 is 0 Å². The summed E-state index contributed by atoms with van der Waals surface area (Å²) in [6, 6.07) is 7.77. The molecular formula is C15H20N4O2. The van der Waals surface area contributed by atoms with Gasteiger partial charge in [-0.1, -0.05) is 19.1 Å². The molecule has 6 nitrogen and oxygen atoms in total. The SMILES string of the molecule is CCC(NCc1ccc(OCC(N)=O)cc1)c1ncc[nH]1. The van der Waals surface area contributed by atoms with Gasteiger partial charge in [-0.15, -0.1) is 0 Å². The number of hydrogen-bond acceptors (Lipinski definition) is 4.